The zero-order valence-electron chi connectivity index (χ0n) is 8.86. The third-order valence-electron chi connectivity index (χ3n) is 1.63. The number of carbonyl (C=O) groups is 1. The van der Waals surface area contributed by atoms with Crippen LogP contribution in [0.5, 0.6) is 0 Å². The van der Waals surface area contributed by atoms with Gasteiger partial charge < -0.3 is 4.74 Å². The zero-order valence-corrected chi connectivity index (χ0v) is 8.86. The highest BCUT2D eigenvalue weighted by molar-refractivity contribution is 5.82. The maximum Gasteiger partial charge on any atom is 0.338 e. The first kappa shape index (κ1) is 11.2. The van der Waals surface area contributed by atoms with Crippen LogP contribution in [-0.2, 0) is 9.53 Å². The number of aryl methyl sites for hydroxylation is 1. The molecule has 1 heterocycles. The third kappa shape index (κ3) is 4.25. The topological polar surface area (TPSA) is 39.2 Å². The lowest BCUT2D eigenvalue weighted by molar-refractivity contribution is -0.137. The number of hydrogen-bond donors (Lipinski definition) is 0. The van der Waals surface area contributed by atoms with Crippen molar-refractivity contribution < 1.29 is 9.53 Å². The number of ether oxygens (including phenoxy) is 1. The predicted molar refractivity (Wildman–Crippen MR) is 58.2 cm³/mol. The molecule has 1 aromatic heterocycles. The van der Waals surface area contributed by atoms with E-state index in [1.165, 1.54) is 6.08 Å². The minimum atomic E-state index is -0.388. The van der Waals surface area contributed by atoms with Crippen LogP contribution in [0.2, 0.25) is 0 Å². The van der Waals surface area contributed by atoms with Gasteiger partial charge in [0.1, 0.15) is 0 Å². The third-order valence-corrected chi connectivity index (χ3v) is 1.63. The molecule has 1 aromatic rings. The van der Waals surface area contributed by atoms with Crippen LogP contribution in [0.1, 0.15) is 18.3 Å². The van der Waals surface area contributed by atoms with Crippen molar-refractivity contribution in [3.8, 4) is 0 Å². The molecule has 0 atom stereocenters. The van der Waals surface area contributed by atoms with Crippen molar-refractivity contribution in [2.45, 2.75) is 13.8 Å². The summed E-state index contributed by atoms with van der Waals surface area (Å²) in [5.41, 5.74) is 4.43. The van der Waals surface area contributed by atoms with E-state index < -0.39 is 0 Å². The van der Waals surface area contributed by atoms with Crippen LogP contribution in [0, 0.1) is 6.92 Å². The van der Waals surface area contributed by atoms with Gasteiger partial charge in [-0.3, -0.25) is 4.98 Å². The summed E-state index contributed by atoms with van der Waals surface area (Å²) < 4.78 is 4.71. The van der Waals surface area contributed by atoms with Gasteiger partial charge in [-0.2, -0.15) is 0 Å². The molecule has 0 amide bonds. The molecule has 0 aliphatic carbocycles. The van der Waals surface area contributed by atoms with E-state index in [9.17, 15) is 4.79 Å². The number of hydrogen-bond acceptors (Lipinski definition) is 3. The highest BCUT2D eigenvalue weighted by Gasteiger charge is 1.91. The van der Waals surface area contributed by atoms with Crippen LogP contribution < -0.4 is 0 Å². The molecule has 0 saturated carbocycles. The minimum Gasteiger partial charge on any atom is -0.462 e. The first-order valence-electron chi connectivity index (χ1n) is 4.75. The van der Waals surface area contributed by atoms with Gasteiger partial charge >= 0.3 is 5.97 Å². The molecule has 0 fully saturated rings. The fourth-order valence-electron chi connectivity index (χ4n) is 1.02. The second-order valence-corrected chi connectivity index (χ2v) is 2.91. The molecule has 0 bridgehead atoms. The molecular weight excluding hydrogens is 190 g/mol. The first-order chi connectivity index (χ1) is 7.22. The molecule has 1 rings (SSSR count). The van der Waals surface area contributed by atoms with Crippen LogP contribution in [0.15, 0.2) is 30.0 Å². The van der Waals surface area contributed by atoms with Crippen LogP contribution >= 0.6 is 0 Å². The van der Waals surface area contributed by atoms with Crippen molar-refractivity contribution in [3.63, 3.8) is 0 Å². The van der Waals surface area contributed by atoms with Gasteiger partial charge in [0.15, 0.2) is 0 Å². The zero-order chi connectivity index (χ0) is 11.1. The highest BCUT2D eigenvalue weighted by atomic mass is 16.5. The summed E-state index contributed by atoms with van der Waals surface area (Å²) in [6.45, 7) is 4.05. The lowest BCUT2D eigenvalue weighted by Crippen LogP contribution is -1.97. The lowest BCUT2D eigenvalue weighted by atomic mass is 10.3. The molecule has 0 aliphatic heterocycles. The Kier molecular flexibility index (Phi) is 4.32. The van der Waals surface area contributed by atoms with Gasteiger partial charge in [0.2, 0.25) is 0 Å². The fourth-order valence-corrected chi connectivity index (χ4v) is 1.02. The van der Waals surface area contributed by atoms with Crippen molar-refractivity contribution in [2.24, 2.45) is 0 Å². The van der Waals surface area contributed by atoms with Gasteiger partial charge in [-0.15, -0.1) is 5.73 Å². The highest BCUT2D eigenvalue weighted by Crippen LogP contribution is 1.99. The maximum absolute atomic E-state index is 10.9. The monoisotopic (exact) mass is 203 g/mol. The lowest BCUT2D eigenvalue weighted by Gasteiger charge is -1.93. The SMILES string of the molecule is CCOC(=O)C=C=Cc1cccc(C)n1. The second kappa shape index (κ2) is 5.78. The number of aromatic nitrogens is 1. The Morgan fingerprint density at radius 3 is 3.07 bits per heavy atom. The summed E-state index contributed by atoms with van der Waals surface area (Å²) in [7, 11) is 0. The van der Waals surface area contributed by atoms with E-state index in [0.29, 0.717) is 6.61 Å². The van der Waals surface area contributed by atoms with Gasteiger partial charge in [-0.1, -0.05) is 6.07 Å². The Morgan fingerprint density at radius 2 is 2.40 bits per heavy atom. The number of rotatable bonds is 3. The Hall–Kier alpha value is -1.86. The summed E-state index contributed by atoms with van der Waals surface area (Å²) in [4.78, 5) is 15.1. The van der Waals surface area contributed by atoms with Crippen LogP contribution in [0.4, 0.5) is 0 Å². The Balaban J connectivity index is 2.69. The molecule has 0 unspecified atom stereocenters. The quantitative estimate of drug-likeness (QED) is 0.429. The number of esters is 1. The van der Waals surface area contributed by atoms with Gasteiger partial charge in [-0.25, -0.2) is 4.79 Å². The summed E-state index contributed by atoms with van der Waals surface area (Å²) in [6, 6.07) is 5.66. The molecule has 78 valence electrons. The van der Waals surface area contributed by atoms with Gasteiger partial charge in [0, 0.05) is 11.8 Å². The van der Waals surface area contributed by atoms with Crippen molar-refractivity contribution >= 4 is 12.0 Å². The molecule has 0 aromatic carbocycles. The molecule has 0 saturated heterocycles. The van der Waals surface area contributed by atoms with Crippen molar-refractivity contribution in [1.29, 1.82) is 0 Å². The largest absolute Gasteiger partial charge is 0.462 e. The normalized spacial score (nSPS) is 8.93. The van der Waals surface area contributed by atoms with Gasteiger partial charge in [0.25, 0.3) is 0 Å². The van der Waals surface area contributed by atoms with E-state index in [1.807, 2.05) is 25.1 Å². The average molecular weight is 203 g/mol. The van der Waals surface area contributed by atoms with Crippen LogP contribution in [-0.4, -0.2) is 17.6 Å². The van der Waals surface area contributed by atoms with E-state index in [2.05, 4.69) is 10.7 Å². The molecule has 3 heteroatoms. The second-order valence-electron chi connectivity index (χ2n) is 2.91. The smallest absolute Gasteiger partial charge is 0.338 e. The standard InChI is InChI=1S/C12H13NO2/c1-3-15-12(14)9-5-8-11-7-4-6-10(2)13-11/h4,6-9H,3H2,1-2H3. The molecule has 0 spiro atoms. The molecular formula is C12H13NO2. The minimum absolute atomic E-state index is 0.375. The maximum atomic E-state index is 10.9. The molecule has 0 N–H and O–H groups in total. The number of pyridine rings is 1. The van der Waals surface area contributed by atoms with Gasteiger partial charge in [0.05, 0.1) is 18.4 Å². The molecule has 15 heavy (non-hydrogen) atoms. The fraction of sp³-hybridized carbons (Fsp3) is 0.250. The van der Waals surface area contributed by atoms with E-state index in [1.54, 1.807) is 13.0 Å². The molecule has 0 aliphatic rings. The Labute approximate surface area is 89.1 Å². The number of carbonyl (C=O) groups excluding carboxylic acids is 1. The molecule has 0 radical (unpaired) electrons. The summed E-state index contributed by atoms with van der Waals surface area (Å²) in [6.07, 6.45) is 2.90. The van der Waals surface area contributed by atoms with E-state index in [-0.39, 0.29) is 5.97 Å². The van der Waals surface area contributed by atoms with E-state index >= 15 is 0 Å². The van der Waals surface area contributed by atoms with E-state index in [4.69, 9.17) is 4.74 Å². The Bertz CT molecular complexity index is 404. The van der Waals surface area contributed by atoms with Crippen molar-refractivity contribution in [1.82, 2.24) is 4.98 Å². The van der Waals surface area contributed by atoms with Crippen molar-refractivity contribution in [3.05, 3.63) is 41.4 Å². The van der Waals surface area contributed by atoms with Gasteiger partial charge in [-0.05, 0) is 26.0 Å². The summed E-state index contributed by atoms with van der Waals surface area (Å²) in [5.74, 6) is -0.388. The van der Waals surface area contributed by atoms with Crippen LogP contribution in [0.25, 0.3) is 6.08 Å². The van der Waals surface area contributed by atoms with E-state index in [0.717, 1.165) is 11.4 Å². The first-order valence-corrected chi connectivity index (χ1v) is 4.75. The number of nitrogens with zero attached hydrogens (tertiary/aromatic N) is 1. The average Bonchev–Trinajstić information content (AvgIpc) is 2.18. The Morgan fingerprint density at radius 1 is 1.60 bits per heavy atom. The predicted octanol–water partition coefficient (Wildman–Crippen LogP) is 2.12. The summed E-state index contributed by atoms with van der Waals surface area (Å²) in [5, 5.41) is 0. The van der Waals surface area contributed by atoms with Crippen LogP contribution in [0.3, 0.4) is 0 Å². The summed E-state index contributed by atoms with van der Waals surface area (Å²) >= 11 is 0. The molecule has 3 nitrogen and oxygen atoms in total. The van der Waals surface area contributed by atoms with Crippen molar-refractivity contribution in [2.75, 3.05) is 6.61 Å².